The molecule has 2 heteroatoms. The van der Waals surface area contributed by atoms with E-state index in [1.807, 2.05) is 18.3 Å². The van der Waals surface area contributed by atoms with E-state index in [0.29, 0.717) is 5.92 Å². The van der Waals surface area contributed by atoms with Crippen LogP contribution in [0.4, 0.5) is 0 Å². The zero-order chi connectivity index (χ0) is 9.10. The molecule has 0 spiro atoms. The maximum atomic E-state index is 9.79. The third kappa shape index (κ3) is 2.07. The molecule has 1 unspecified atom stereocenters. The summed E-state index contributed by atoms with van der Waals surface area (Å²) in [6.07, 6.45) is 7.88. The van der Waals surface area contributed by atoms with Crippen molar-refractivity contribution in [1.29, 1.82) is 0 Å². The number of aliphatic hydroxyl groups excluding tert-OH is 1. The van der Waals surface area contributed by atoms with Crippen molar-refractivity contribution < 1.29 is 5.11 Å². The zero-order valence-electron chi connectivity index (χ0n) is 7.69. The van der Waals surface area contributed by atoms with Crippen molar-refractivity contribution in [2.45, 2.75) is 31.8 Å². The minimum atomic E-state index is -0.155. The molecule has 2 rings (SSSR count). The van der Waals surface area contributed by atoms with Crippen LogP contribution in [-0.2, 0) is 6.42 Å². The summed E-state index contributed by atoms with van der Waals surface area (Å²) >= 11 is 0. The van der Waals surface area contributed by atoms with Crippen LogP contribution in [0.2, 0.25) is 0 Å². The number of rotatable bonds is 3. The predicted molar refractivity (Wildman–Crippen MR) is 51.3 cm³/mol. The highest BCUT2D eigenvalue weighted by Crippen LogP contribution is 2.30. The van der Waals surface area contributed by atoms with Crippen LogP contribution in [0.3, 0.4) is 0 Å². The molecule has 0 bridgehead atoms. The van der Waals surface area contributed by atoms with Crippen LogP contribution in [0.1, 0.15) is 24.8 Å². The Morgan fingerprint density at radius 1 is 1.54 bits per heavy atom. The van der Waals surface area contributed by atoms with Crippen molar-refractivity contribution in [3.05, 3.63) is 30.1 Å². The van der Waals surface area contributed by atoms with E-state index in [-0.39, 0.29) is 6.10 Å². The fourth-order valence-electron chi connectivity index (χ4n) is 1.75. The first-order valence-electron chi connectivity index (χ1n) is 4.93. The molecule has 70 valence electrons. The van der Waals surface area contributed by atoms with Gasteiger partial charge in [-0.1, -0.05) is 12.5 Å². The Labute approximate surface area is 78.6 Å². The molecule has 0 aromatic carbocycles. The number of aromatic nitrogens is 1. The van der Waals surface area contributed by atoms with Crippen molar-refractivity contribution in [1.82, 2.24) is 4.98 Å². The van der Waals surface area contributed by atoms with Crippen LogP contribution in [-0.4, -0.2) is 16.2 Å². The van der Waals surface area contributed by atoms with Gasteiger partial charge in [-0.05, 0) is 30.4 Å². The molecule has 1 aliphatic carbocycles. The quantitative estimate of drug-likeness (QED) is 0.763. The summed E-state index contributed by atoms with van der Waals surface area (Å²) < 4.78 is 0. The van der Waals surface area contributed by atoms with Gasteiger partial charge in [0.1, 0.15) is 0 Å². The summed E-state index contributed by atoms with van der Waals surface area (Å²) in [4.78, 5) is 4.03. The lowest BCUT2D eigenvalue weighted by atomic mass is 9.79. The van der Waals surface area contributed by atoms with Crippen LogP contribution < -0.4 is 0 Å². The number of hydrogen-bond acceptors (Lipinski definition) is 2. The van der Waals surface area contributed by atoms with Crippen molar-refractivity contribution in [3.63, 3.8) is 0 Å². The van der Waals surface area contributed by atoms with Gasteiger partial charge in [0.2, 0.25) is 0 Å². The fourth-order valence-corrected chi connectivity index (χ4v) is 1.75. The normalized spacial score (nSPS) is 19.5. The molecule has 2 nitrogen and oxygen atoms in total. The summed E-state index contributed by atoms with van der Waals surface area (Å²) in [5.74, 6) is 0.542. The Kier molecular flexibility index (Phi) is 2.60. The smallest absolute Gasteiger partial charge is 0.0609 e. The molecule has 1 heterocycles. The summed E-state index contributed by atoms with van der Waals surface area (Å²) in [6.45, 7) is 0. The summed E-state index contributed by atoms with van der Waals surface area (Å²) in [5.41, 5.74) is 1.14. The van der Waals surface area contributed by atoms with Crippen LogP contribution >= 0.6 is 0 Å². The molecule has 1 saturated carbocycles. The lowest BCUT2D eigenvalue weighted by Gasteiger charge is -2.30. The molecule has 0 radical (unpaired) electrons. The number of nitrogens with zero attached hydrogens (tertiary/aromatic N) is 1. The molecule has 1 fully saturated rings. The lowest BCUT2D eigenvalue weighted by molar-refractivity contribution is 0.0629. The fraction of sp³-hybridized carbons (Fsp3) is 0.545. The highest BCUT2D eigenvalue weighted by atomic mass is 16.3. The highest BCUT2D eigenvalue weighted by molar-refractivity contribution is 5.10. The SMILES string of the molecule is OC(Cc1cccnc1)C1CCC1. The topological polar surface area (TPSA) is 33.1 Å². The van der Waals surface area contributed by atoms with Gasteiger partial charge >= 0.3 is 0 Å². The summed E-state index contributed by atoms with van der Waals surface area (Å²) in [5, 5.41) is 9.79. The maximum Gasteiger partial charge on any atom is 0.0609 e. The molecule has 1 atom stereocenters. The lowest BCUT2D eigenvalue weighted by Crippen LogP contribution is -2.28. The maximum absolute atomic E-state index is 9.79. The van der Waals surface area contributed by atoms with E-state index in [1.165, 1.54) is 19.3 Å². The van der Waals surface area contributed by atoms with Crippen molar-refractivity contribution in [2.75, 3.05) is 0 Å². The summed E-state index contributed by atoms with van der Waals surface area (Å²) in [7, 11) is 0. The van der Waals surface area contributed by atoms with Gasteiger partial charge in [0.25, 0.3) is 0 Å². The van der Waals surface area contributed by atoms with E-state index in [4.69, 9.17) is 0 Å². The molecule has 13 heavy (non-hydrogen) atoms. The number of pyridine rings is 1. The first-order chi connectivity index (χ1) is 6.36. The van der Waals surface area contributed by atoms with Gasteiger partial charge in [-0.15, -0.1) is 0 Å². The van der Waals surface area contributed by atoms with Crippen molar-refractivity contribution in [2.24, 2.45) is 5.92 Å². The minimum Gasteiger partial charge on any atom is -0.392 e. The minimum absolute atomic E-state index is 0.155. The summed E-state index contributed by atoms with van der Waals surface area (Å²) in [6, 6.07) is 3.94. The second kappa shape index (κ2) is 3.88. The van der Waals surface area contributed by atoms with Gasteiger partial charge in [-0.2, -0.15) is 0 Å². The number of hydrogen-bond donors (Lipinski definition) is 1. The molecule has 1 aromatic rings. The molecule has 0 amide bonds. The second-order valence-electron chi connectivity index (χ2n) is 3.82. The zero-order valence-corrected chi connectivity index (χ0v) is 7.69. The standard InChI is InChI=1S/C11H15NO/c13-11(10-4-1-5-10)7-9-3-2-6-12-8-9/h2-3,6,8,10-11,13H,1,4-5,7H2. The second-order valence-corrected chi connectivity index (χ2v) is 3.82. The highest BCUT2D eigenvalue weighted by Gasteiger charge is 2.25. The van der Waals surface area contributed by atoms with Gasteiger partial charge in [0.15, 0.2) is 0 Å². The van der Waals surface area contributed by atoms with Crippen LogP contribution in [0.15, 0.2) is 24.5 Å². The first kappa shape index (κ1) is 8.70. The van der Waals surface area contributed by atoms with Crippen molar-refractivity contribution in [3.8, 4) is 0 Å². The molecular formula is C11H15NO. The Balaban J connectivity index is 1.90. The molecule has 1 aromatic heterocycles. The Morgan fingerprint density at radius 2 is 2.38 bits per heavy atom. The largest absolute Gasteiger partial charge is 0.392 e. The van der Waals surface area contributed by atoms with Gasteiger partial charge in [-0.3, -0.25) is 4.98 Å². The molecule has 0 aliphatic heterocycles. The molecule has 0 saturated heterocycles. The van der Waals surface area contributed by atoms with E-state index < -0.39 is 0 Å². The van der Waals surface area contributed by atoms with Gasteiger partial charge in [0, 0.05) is 18.8 Å². The van der Waals surface area contributed by atoms with E-state index in [2.05, 4.69) is 4.98 Å². The Hall–Kier alpha value is -0.890. The number of aliphatic hydroxyl groups is 1. The van der Waals surface area contributed by atoms with Crippen LogP contribution in [0.25, 0.3) is 0 Å². The van der Waals surface area contributed by atoms with Crippen LogP contribution in [0.5, 0.6) is 0 Å². The van der Waals surface area contributed by atoms with Gasteiger partial charge < -0.3 is 5.11 Å². The third-order valence-corrected chi connectivity index (χ3v) is 2.86. The first-order valence-corrected chi connectivity index (χ1v) is 4.93. The van der Waals surface area contributed by atoms with E-state index in [9.17, 15) is 5.11 Å². The average Bonchev–Trinajstić information content (AvgIpc) is 2.02. The van der Waals surface area contributed by atoms with E-state index in [0.717, 1.165) is 12.0 Å². The molecule has 1 aliphatic rings. The average molecular weight is 177 g/mol. The third-order valence-electron chi connectivity index (χ3n) is 2.86. The van der Waals surface area contributed by atoms with Gasteiger partial charge in [0.05, 0.1) is 6.10 Å². The van der Waals surface area contributed by atoms with Crippen LogP contribution in [0, 0.1) is 5.92 Å². The predicted octanol–water partition coefficient (Wildman–Crippen LogP) is 1.79. The van der Waals surface area contributed by atoms with E-state index in [1.54, 1.807) is 6.20 Å². The Morgan fingerprint density at radius 3 is 2.92 bits per heavy atom. The van der Waals surface area contributed by atoms with E-state index >= 15 is 0 Å². The molecule has 1 N–H and O–H groups in total. The van der Waals surface area contributed by atoms with Crippen molar-refractivity contribution >= 4 is 0 Å². The Bertz CT molecular complexity index is 256. The monoisotopic (exact) mass is 177 g/mol. The molecular weight excluding hydrogens is 162 g/mol. The van der Waals surface area contributed by atoms with Gasteiger partial charge in [-0.25, -0.2) is 0 Å².